The molecule has 1 aliphatic rings. The summed E-state index contributed by atoms with van der Waals surface area (Å²) in [6, 6.07) is -0.550. The van der Waals surface area contributed by atoms with Gasteiger partial charge in [-0.2, -0.15) is 0 Å². The lowest BCUT2D eigenvalue weighted by molar-refractivity contribution is -0.128. The van der Waals surface area contributed by atoms with Gasteiger partial charge in [-0.25, -0.2) is 4.79 Å². The molecule has 16 heavy (non-hydrogen) atoms. The van der Waals surface area contributed by atoms with Crippen molar-refractivity contribution in [2.75, 3.05) is 20.1 Å². The highest BCUT2D eigenvalue weighted by Gasteiger charge is 2.37. The zero-order valence-electron chi connectivity index (χ0n) is 10.2. The number of nitrogens with zero attached hydrogens (tertiary/aromatic N) is 1. The summed E-state index contributed by atoms with van der Waals surface area (Å²) in [6.07, 6.45) is 1.62. The van der Waals surface area contributed by atoms with Crippen LogP contribution < -0.4 is 10.6 Å². The highest BCUT2D eigenvalue weighted by molar-refractivity contribution is 6.04. The van der Waals surface area contributed by atoms with Gasteiger partial charge in [0, 0.05) is 6.54 Å². The summed E-state index contributed by atoms with van der Waals surface area (Å²) >= 11 is 0. The Kier molecular flexibility index (Phi) is 4.73. The van der Waals surface area contributed by atoms with Gasteiger partial charge in [0.1, 0.15) is 6.04 Å². The summed E-state index contributed by atoms with van der Waals surface area (Å²) in [5, 5.41) is 5.76. The van der Waals surface area contributed by atoms with Gasteiger partial charge in [-0.3, -0.25) is 9.69 Å². The third kappa shape index (κ3) is 2.95. The molecule has 1 fully saturated rings. The van der Waals surface area contributed by atoms with Crippen LogP contribution in [0.2, 0.25) is 0 Å². The number of amides is 3. The van der Waals surface area contributed by atoms with Gasteiger partial charge in [0.2, 0.25) is 0 Å². The van der Waals surface area contributed by atoms with Crippen LogP contribution >= 0.6 is 0 Å². The molecular formula is C11H21N3O2. The van der Waals surface area contributed by atoms with Gasteiger partial charge in [-0.05, 0) is 25.9 Å². The fraction of sp³-hybridized carbons (Fsp3) is 0.818. The fourth-order valence-corrected chi connectivity index (χ4v) is 1.96. The highest BCUT2D eigenvalue weighted by atomic mass is 16.2. The van der Waals surface area contributed by atoms with Crippen LogP contribution in [0.4, 0.5) is 4.79 Å². The standard InChI is InChI=1S/C11H21N3O2/c1-4-5-9-10(15)14(11(16)13-9)7-8(2)6-12-3/h8-9,12H,4-7H2,1-3H3,(H,13,16). The summed E-state index contributed by atoms with van der Waals surface area (Å²) < 4.78 is 0. The maximum absolute atomic E-state index is 11.9. The molecule has 1 rings (SSSR count). The first-order valence-corrected chi connectivity index (χ1v) is 5.86. The van der Waals surface area contributed by atoms with Crippen molar-refractivity contribution in [2.24, 2.45) is 5.92 Å². The molecule has 0 bridgehead atoms. The van der Waals surface area contributed by atoms with Crippen molar-refractivity contribution in [1.29, 1.82) is 0 Å². The quantitative estimate of drug-likeness (QED) is 0.652. The summed E-state index contributed by atoms with van der Waals surface area (Å²) in [6.45, 7) is 5.32. The second-order valence-electron chi connectivity index (χ2n) is 4.40. The molecule has 0 aliphatic carbocycles. The van der Waals surface area contributed by atoms with Crippen LogP contribution in [0.25, 0.3) is 0 Å². The van der Waals surface area contributed by atoms with Gasteiger partial charge in [-0.1, -0.05) is 20.3 Å². The predicted molar refractivity (Wildman–Crippen MR) is 62.0 cm³/mol. The first-order chi connectivity index (χ1) is 7.60. The van der Waals surface area contributed by atoms with E-state index in [-0.39, 0.29) is 23.9 Å². The minimum Gasteiger partial charge on any atom is -0.326 e. The van der Waals surface area contributed by atoms with Crippen LogP contribution in [-0.2, 0) is 4.79 Å². The van der Waals surface area contributed by atoms with Gasteiger partial charge >= 0.3 is 6.03 Å². The number of imide groups is 1. The Hall–Kier alpha value is -1.10. The van der Waals surface area contributed by atoms with Gasteiger partial charge in [-0.15, -0.1) is 0 Å². The number of carbonyl (C=O) groups excluding carboxylic acids is 2. The average Bonchev–Trinajstić information content (AvgIpc) is 2.47. The van der Waals surface area contributed by atoms with Crippen LogP contribution in [0.3, 0.4) is 0 Å². The number of rotatable bonds is 6. The first-order valence-electron chi connectivity index (χ1n) is 5.86. The largest absolute Gasteiger partial charge is 0.326 e. The Morgan fingerprint density at radius 1 is 1.50 bits per heavy atom. The lowest BCUT2D eigenvalue weighted by Crippen LogP contribution is -2.37. The Labute approximate surface area is 96.6 Å². The number of hydrogen-bond donors (Lipinski definition) is 2. The monoisotopic (exact) mass is 227 g/mol. The minimum atomic E-state index is -0.306. The summed E-state index contributed by atoms with van der Waals surface area (Å²) in [5.41, 5.74) is 0. The van der Waals surface area contributed by atoms with E-state index in [0.717, 1.165) is 19.4 Å². The Balaban J connectivity index is 2.53. The van der Waals surface area contributed by atoms with E-state index in [1.54, 1.807) is 0 Å². The van der Waals surface area contributed by atoms with Crippen molar-refractivity contribution in [3.63, 3.8) is 0 Å². The van der Waals surface area contributed by atoms with E-state index >= 15 is 0 Å². The molecule has 2 N–H and O–H groups in total. The SMILES string of the molecule is CCCC1NC(=O)N(CC(C)CNC)C1=O. The Morgan fingerprint density at radius 3 is 2.75 bits per heavy atom. The lowest BCUT2D eigenvalue weighted by atomic mass is 10.1. The first kappa shape index (κ1) is 13.0. The van der Waals surface area contributed by atoms with E-state index in [9.17, 15) is 9.59 Å². The van der Waals surface area contributed by atoms with Crippen molar-refractivity contribution >= 4 is 11.9 Å². The smallest absolute Gasteiger partial charge is 0.324 e. The Morgan fingerprint density at radius 2 is 2.19 bits per heavy atom. The molecule has 1 saturated heterocycles. The van der Waals surface area contributed by atoms with Gasteiger partial charge in [0.15, 0.2) is 0 Å². The molecule has 0 radical (unpaired) electrons. The van der Waals surface area contributed by atoms with Crippen molar-refractivity contribution in [1.82, 2.24) is 15.5 Å². The topological polar surface area (TPSA) is 61.4 Å². The van der Waals surface area contributed by atoms with Crippen molar-refractivity contribution in [3.8, 4) is 0 Å². The zero-order valence-corrected chi connectivity index (χ0v) is 10.2. The van der Waals surface area contributed by atoms with Crippen molar-refractivity contribution in [3.05, 3.63) is 0 Å². The normalized spacial score (nSPS) is 22.4. The second kappa shape index (κ2) is 5.84. The fourth-order valence-electron chi connectivity index (χ4n) is 1.96. The molecule has 2 unspecified atom stereocenters. The molecule has 1 heterocycles. The van der Waals surface area contributed by atoms with E-state index in [1.807, 2.05) is 20.9 Å². The summed E-state index contributed by atoms with van der Waals surface area (Å²) in [7, 11) is 1.86. The Bertz CT molecular complexity index is 268. The van der Waals surface area contributed by atoms with Crippen LogP contribution in [0, 0.1) is 5.92 Å². The molecule has 0 aromatic heterocycles. The molecule has 2 atom stereocenters. The van der Waals surface area contributed by atoms with Crippen molar-refractivity contribution in [2.45, 2.75) is 32.7 Å². The molecule has 0 spiro atoms. The van der Waals surface area contributed by atoms with Crippen LogP contribution in [0.15, 0.2) is 0 Å². The number of urea groups is 1. The molecule has 0 aromatic rings. The van der Waals surface area contributed by atoms with Crippen LogP contribution in [0.5, 0.6) is 0 Å². The molecular weight excluding hydrogens is 206 g/mol. The van der Waals surface area contributed by atoms with E-state index < -0.39 is 0 Å². The molecule has 5 heteroatoms. The zero-order chi connectivity index (χ0) is 12.1. The van der Waals surface area contributed by atoms with Crippen LogP contribution in [-0.4, -0.2) is 43.0 Å². The maximum Gasteiger partial charge on any atom is 0.324 e. The molecule has 0 aromatic carbocycles. The average molecular weight is 227 g/mol. The third-order valence-corrected chi connectivity index (χ3v) is 2.73. The second-order valence-corrected chi connectivity index (χ2v) is 4.40. The summed E-state index contributed by atoms with van der Waals surface area (Å²) in [4.78, 5) is 24.8. The predicted octanol–water partition coefficient (Wildman–Crippen LogP) is 0.562. The van der Waals surface area contributed by atoms with Crippen molar-refractivity contribution < 1.29 is 9.59 Å². The molecule has 3 amide bonds. The molecule has 92 valence electrons. The van der Waals surface area contributed by atoms with E-state index in [1.165, 1.54) is 4.90 Å². The van der Waals surface area contributed by atoms with Gasteiger partial charge < -0.3 is 10.6 Å². The van der Waals surface area contributed by atoms with Gasteiger partial charge in [0.05, 0.1) is 0 Å². The molecule has 0 saturated carbocycles. The van der Waals surface area contributed by atoms with Crippen LogP contribution in [0.1, 0.15) is 26.7 Å². The number of carbonyl (C=O) groups is 2. The third-order valence-electron chi connectivity index (χ3n) is 2.73. The minimum absolute atomic E-state index is 0.0743. The molecule has 5 nitrogen and oxygen atoms in total. The lowest BCUT2D eigenvalue weighted by Gasteiger charge is -2.18. The number of nitrogens with one attached hydrogen (secondary N) is 2. The summed E-state index contributed by atoms with van der Waals surface area (Å²) in [5.74, 6) is 0.204. The van der Waals surface area contributed by atoms with E-state index in [0.29, 0.717) is 6.54 Å². The molecule has 1 aliphatic heterocycles. The maximum atomic E-state index is 11.9. The van der Waals surface area contributed by atoms with Gasteiger partial charge in [0.25, 0.3) is 5.91 Å². The highest BCUT2D eigenvalue weighted by Crippen LogP contribution is 2.12. The van der Waals surface area contributed by atoms with E-state index in [4.69, 9.17) is 0 Å². The number of hydrogen-bond acceptors (Lipinski definition) is 3. The van der Waals surface area contributed by atoms with E-state index in [2.05, 4.69) is 10.6 Å².